The van der Waals surface area contributed by atoms with Gasteiger partial charge in [-0.25, -0.2) is 24.2 Å². The number of hydrogen-bond donors (Lipinski definition) is 5. The number of nitrogens with one attached hydrogen (secondary N) is 4. The van der Waals surface area contributed by atoms with Crippen LogP contribution in [0.1, 0.15) is 88.5 Å². The van der Waals surface area contributed by atoms with E-state index in [1.54, 1.807) is 81.3 Å². The molecule has 0 saturated carbocycles. The monoisotopic (exact) mass is 724 g/mol. The summed E-state index contributed by atoms with van der Waals surface area (Å²) in [6, 6.07) is -2.35. The highest BCUT2D eigenvalue weighted by molar-refractivity contribution is 5.93. The summed E-state index contributed by atoms with van der Waals surface area (Å²) in [7, 11) is 3.48. The Kier molecular flexibility index (Phi) is 14.6. The van der Waals surface area contributed by atoms with Gasteiger partial charge in [-0.05, 0) is 88.5 Å². The number of H-pyrrole nitrogens is 1. The van der Waals surface area contributed by atoms with Crippen molar-refractivity contribution in [2.45, 2.75) is 130 Å². The Hall–Kier alpha value is -4.61. The van der Waals surface area contributed by atoms with E-state index in [0.717, 1.165) is 4.90 Å². The van der Waals surface area contributed by atoms with Crippen LogP contribution in [0.5, 0.6) is 0 Å². The zero-order valence-corrected chi connectivity index (χ0v) is 31.8. The average molecular weight is 725 g/mol. The average Bonchev–Trinajstić information content (AvgIpc) is 2.95. The second kappa shape index (κ2) is 17.5. The van der Waals surface area contributed by atoms with E-state index in [-0.39, 0.29) is 37.0 Å². The predicted octanol–water partition coefficient (Wildman–Crippen LogP) is 3.41. The molecule has 18 nitrogen and oxygen atoms in total. The molecule has 1 aliphatic rings. The number of aliphatic hydroxyl groups excluding tert-OH is 1. The van der Waals surface area contributed by atoms with Crippen LogP contribution >= 0.6 is 0 Å². The van der Waals surface area contributed by atoms with Gasteiger partial charge in [0.2, 0.25) is 5.95 Å². The molecule has 2 rings (SSSR count). The molecule has 4 unspecified atom stereocenters. The summed E-state index contributed by atoms with van der Waals surface area (Å²) in [6.07, 6.45) is -2.79. The Morgan fingerprint density at radius 2 is 1.59 bits per heavy atom. The Balaban J connectivity index is 2.28. The quantitative estimate of drug-likeness (QED) is 0.0686. The van der Waals surface area contributed by atoms with Crippen molar-refractivity contribution < 1.29 is 43.2 Å². The number of rotatable bonds is 12. The third-order valence-corrected chi connectivity index (χ3v) is 6.68. The number of carbonyl (C=O) groups excluding carboxylic acids is 4. The summed E-state index contributed by atoms with van der Waals surface area (Å²) < 4.78 is 21.8. The van der Waals surface area contributed by atoms with Crippen molar-refractivity contribution in [3.63, 3.8) is 0 Å². The van der Waals surface area contributed by atoms with E-state index in [0.29, 0.717) is 12.8 Å². The second-order valence-corrected chi connectivity index (χ2v) is 15.3. The normalized spacial score (nSPS) is 16.6. The van der Waals surface area contributed by atoms with Gasteiger partial charge in [0.25, 0.3) is 5.56 Å². The number of esters is 1. The highest BCUT2D eigenvalue weighted by Crippen LogP contribution is 2.31. The van der Waals surface area contributed by atoms with Crippen LogP contribution in [0.2, 0.25) is 0 Å². The van der Waals surface area contributed by atoms with Gasteiger partial charge in [-0.15, -0.1) is 0 Å². The molecule has 1 aliphatic heterocycles. The van der Waals surface area contributed by atoms with Gasteiger partial charge in [-0.1, -0.05) is 0 Å². The number of aliphatic hydroxyl groups is 1. The van der Waals surface area contributed by atoms with Gasteiger partial charge in [0.05, 0.1) is 12.4 Å². The number of aromatic nitrogens is 2. The number of unbranched alkanes of at least 4 members (excludes halogenated alkanes) is 1. The zero-order chi connectivity index (χ0) is 38.9. The van der Waals surface area contributed by atoms with Crippen molar-refractivity contribution in [3.8, 4) is 0 Å². The highest BCUT2D eigenvalue weighted by atomic mass is 16.6. The Morgan fingerprint density at radius 1 is 1.00 bits per heavy atom. The first-order chi connectivity index (χ1) is 23.4. The van der Waals surface area contributed by atoms with Gasteiger partial charge in [0.15, 0.2) is 11.5 Å². The Morgan fingerprint density at radius 3 is 2.16 bits per heavy atom. The summed E-state index contributed by atoms with van der Waals surface area (Å²) in [5, 5.41) is 19.7. The Bertz CT molecular complexity index is 1460. The first-order valence-corrected chi connectivity index (χ1v) is 16.8. The standard InChI is InChI=1S/C33H56N8O10/c1-19(48-26(44)20(37-29(46)50-32(5,6)7)15-13-14-16-34-28(45)49-31(2,3)4)23(42)21-17-35-24-22(41(21)30(47)51-33(8,9)10)25(43)39-27(38-24)36-18-40(11)12/h18-21,23,42H,13-17H2,1-12H3,(H,34,45)(H,37,46)(H2,35,38,39,43). The van der Waals surface area contributed by atoms with Crippen LogP contribution in [0.3, 0.4) is 0 Å². The number of aromatic amines is 1. The molecule has 0 bridgehead atoms. The van der Waals surface area contributed by atoms with Gasteiger partial charge < -0.3 is 44.9 Å². The lowest BCUT2D eigenvalue weighted by Gasteiger charge is -2.40. The summed E-state index contributed by atoms with van der Waals surface area (Å²) in [5.74, 6) is -0.857. The van der Waals surface area contributed by atoms with E-state index in [4.69, 9.17) is 18.9 Å². The zero-order valence-electron chi connectivity index (χ0n) is 31.8. The van der Waals surface area contributed by atoms with Crippen LogP contribution < -0.4 is 26.4 Å². The molecule has 5 N–H and O–H groups in total. The first-order valence-electron chi connectivity index (χ1n) is 16.8. The van der Waals surface area contributed by atoms with Crippen molar-refractivity contribution >= 4 is 48.0 Å². The molecule has 4 atom stereocenters. The topological polar surface area (TPSA) is 226 Å². The van der Waals surface area contributed by atoms with Crippen molar-refractivity contribution in [1.29, 1.82) is 0 Å². The maximum Gasteiger partial charge on any atom is 0.415 e. The first kappa shape index (κ1) is 42.6. The number of nitrogens with zero attached hydrogens (tertiary/aromatic N) is 4. The molecule has 0 aliphatic carbocycles. The number of fused-ring (bicyclic) bond motifs is 1. The van der Waals surface area contributed by atoms with Gasteiger partial charge in [0, 0.05) is 27.2 Å². The fourth-order valence-electron chi connectivity index (χ4n) is 4.63. The fraction of sp³-hybridized carbons (Fsp3) is 0.727. The molecule has 1 aromatic rings. The van der Waals surface area contributed by atoms with E-state index < -0.39 is 70.9 Å². The molecule has 51 heavy (non-hydrogen) atoms. The number of ether oxygens (including phenoxy) is 4. The molecule has 18 heteroatoms. The van der Waals surface area contributed by atoms with Crippen molar-refractivity contribution in [3.05, 3.63) is 10.4 Å². The number of alkyl carbamates (subject to hydrolysis) is 2. The maximum atomic E-state index is 13.6. The van der Waals surface area contributed by atoms with Crippen LogP contribution in [-0.2, 0) is 23.7 Å². The smallest absolute Gasteiger partial charge is 0.415 e. The third-order valence-electron chi connectivity index (χ3n) is 6.68. The van der Waals surface area contributed by atoms with Gasteiger partial charge in [0.1, 0.15) is 35.1 Å². The summed E-state index contributed by atoms with van der Waals surface area (Å²) in [4.78, 5) is 78.6. The fourth-order valence-corrected chi connectivity index (χ4v) is 4.63. The predicted molar refractivity (Wildman–Crippen MR) is 190 cm³/mol. The summed E-state index contributed by atoms with van der Waals surface area (Å²) >= 11 is 0. The summed E-state index contributed by atoms with van der Waals surface area (Å²) in [5.41, 5.74) is -3.41. The lowest BCUT2D eigenvalue weighted by atomic mass is 10.0. The number of anilines is 2. The van der Waals surface area contributed by atoms with Crippen LogP contribution in [-0.4, -0.2) is 119 Å². The van der Waals surface area contributed by atoms with E-state index in [1.165, 1.54) is 13.3 Å². The lowest BCUT2D eigenvalue weighted by Crippen LogP contribution is -2.59. The van der Waals surface area contributed by atoms with Crippen LogP contribution in [0.25, 0.3) is 0 Å². The molecular formula is C33H56N8O10. The number of carbonyl (C=O) groups is 4. The summed E-state index contributed by atoms with van der Waals surface area (Å²) in [6.45, 7) is 16.8. The molecule has 0 radical (unpaired) electrons. The van der Waals surface area contributed by atoms with Crippen LogP contribution in [0.15, 0.2) is 9.79 Å². The van der Waals surface area contributed by atoms with Crippen molar-refractivity contribution in [1.82, 2.24) is 25.5 Å². The Labute approximate surface area is 299 Å². The number of hydrogen-bond acceptors (Lipinski definition) is 13. The van der Waals surface area contributed by atoms with E-state index >= 15 is 0 Å². The second-order valence-electron chi connectivity index (χ2n) is 15.3. The molecule has 0 saturated heterocycles. The molecule has 0 spiro atoms. The largest absolute Gasteiger partial charge is 0.458 e. The number of aliphatic imine (C=N–C) groups is 1. The molecule has 0 aromatic carbocycles. The molecular weight excluding hydrogens is 668 g/mol. The van der Waals surface area contributed by atoms with E-state index in [2.05, 4.69) is 30.9 Å². The van der Waals surface area contributed by atoms with E-state index in [9.17, 15) is 29.1 Å². The van der Waals surface area contributed by atoms with Gasteiger partial charge in [-0.2, -0.15) is 4.98 Å². The van der Waals surface area contributed by atoms with E-state index in [1.807, 2.05) is 0 Å². The van der Waals surface area contributed by atoms with Crippen LogP contribution in [0, 0.1) is 0 Å². The molecule has 3 amide bonds. The molecule has 0 fully saturated rings. The molecule has 2 heterocycles. The maximum absolute atomic E-state index is 13.6. The minimum Gasteiger partial charge on any atom is -0.458 e. The number of amides is 3. The molecule has 288 valence electrons. The minimum absolute atomic E-state index is 0.0189. The third kappa shape index (κ3) is 14.6. The van der Waals surface area contributed by atoms with Gasteiger partial charge >= 0.3 is 24.2 Å². The van der Waals surface area contributed by atoms with Crippen LogP contribution in [0.4, 0.5) is 31.8 Å². The SMILES string of the molecule is CC(OC(=O)C(CCCCNC(=O)OC(C)(C)C)NC(=O)OC(C)(C)C)C(O)C1CNc2nc(N=CN(C)C)[nH]c(=O)c2N1C(=O)OC(C)(C)C. The lowest BCUT2D eigenvalue weighted by molar-refractivity contribution is -0.157. The highest BCUT2D eigenvalue weighted by Gasteiger charge is 2.43. The van der Waals surface area contributed by atoms with Crippen molar-refractivity contribution in [2.75, 3.05) is 37.4 Å². The minimum atomic E-state index is -1.55. The van der Waals surface area contributed by atoms with Crippen molar-refractivity contribution in [2.24, 2.45) is 4.99 Å². The molecule has 1 aromatic heterocycles. The van der Waals surface area contributed by atoms with Gasteiger partial charge in [-0.3, -0.25) is 14.7 Å².